The molecular formula is C10H12O3S. The average Bonchev–Trinajstić information content (AvgIpc) is 2.72. The van der Waals surface area contributed by atoms with Gasteiger partial charge in [-0.2, -0.15) is 0 Å². The predicted molar refractivity (Wildman–Crippen MR) is 53.6 cm³/mol. The van der Waals surface area contributed by atoms with E-state index in [-0.39, 0.29) is 0 Å². The van der Waals surface area contributed by atoms with Crippen molar-refractivity contribution in [1.82, 2.24) is 0 Å². The molecule has 0 spiro atoms. The summed E-state index contributed by atoms with van der Waals surface area (Å²) in [6.07, 6.45) is 1.41. The van der Waals surface area contributed by atoms with Crippen molar-refractivity contribution in [3.8, 4) is 0 Å². The van der Waals surface area contributed by atoms with Crippen LogP contribution < -0.4 is 0 Å². The lowest BCUT2D eigenvalue weighted by Crippen LogP contribution is -2.34. The van der Waals surface area contributed by atoms with Gasteiger partial charge in [0.2, 0.25) is 0 Å². The van der Waals surface area contributed by atoms with Crippen LogP contribution in [0.5, 0.6) is 0 Å². The molecule has 2 heterocycles. The van der Waals surface area contributed by atoms with Gasteiger partial charge in [-0.3, -0.25) is 0 Å². The maximum Gasteiger partial charge on any atom is 0.341 e. The van der Waals surface area contributed by atoms with Crippen LogP contribution in [-0.2, 0) is 15.1 Å². The summed E-state index contributed by atoms with van der Waals surface area (Å²) < 4.78 is 5.44. The first-order valence-corrected chi connectivity index (χ1v) is 5.47. The highest BCUT2D eigenvalue weighted by atomic mass is 32.1. The van der Waals surface area contributed by atoms with Crippen LogP contribution in [0.2, 0.25) is 0 Å². The molecule has 1 aromatic heterocycles. The van der Waals surface area contributed by atoms with Gasteiger partial charge in [0.05, 0.1) is 4.88 Å². The summed E-state index contributed by atoms with van der Waals surface area (Å²) in [6, 6.07) is 1.94. The lowest BCUT2D eigenvalue weighted by molar-refractivity contribution is -0.161. The summed E-state index contributed by atoms with van der Waals surface area (Å²) >= 11 is 1.47. The number of aliphatic carboxylic acids is 1. The maximum absolute atomic E-state index is 11.3. The molecule has 2 rings (SSSR count). The highest BCUT2D eigenvalue weighted by Gasteiger charge is 2.46. The van der Waals surface area contributed by atoms with Gasteiger partial charge in [0.15, 0.2) is 5.60 Å². The van der Waals surface area contributed by atoms with Crippen molar-refractivity contribution in [3.05, 3.63) is 21.9 Å². The summed E-state index contributed by atoms with van der Waals surface area (Å²) in [5.74, 6) is -0.861. The molecule has 0 aliphatic carbocycles. The van der Waals surface area contributed by atoms with Crippen LogP contribution >= 0.6 is 11.3 Å². The van der Waals surface area contributed by atoms with E-state index in [1.54, 1.807) is 0 Å². The van der Waals surface area contributed by atoms with Crippen LogP contribution in [0.3, 0.4) is 0 Å². The number of ether oxygens (including phenoxy) is 1. The Morgan fingerprint density at radius 1 is 1.71 bits per heavy atom. The third-order valence-electron chi connectivity index (χ3n) is 2.60. The largest absolute Gasteiger partial charge is 0.479 e. The Morgan fingerprint density at radius 2 is 2.50 bits per heavy atom. The monoisotopic (exact) mass is 212 g/mol. The Kier molecular flexibility index (Phi) is 2.33. The Morgan fingerprint density at radius 3 is 2.93 bits per heavy atom. The zero-order chi connectivity index (χ0) is 10.2. The second kappa shape index (κ2) is 3.37. The number of aryl methyl sites for hydroxylation is 1. The fourth-order valence-corrected chi connectivity index (χ4v) is 2.97. The first-order valence-electron chi connectivity index (χ1n) is 4.59. The zero-order valence-electron chi connectivity index (χ0n) is 7.95. The number of carbonyl (C=O) groups is 1. The minimum atomic E-state index is -1.06. The van der Waals surface area contributed by atoms with Crippen molar-refractivity contribution < 1.29 is 14.6 Å². The number of rotatable bonds is 2. The molecule has 1 aliphatic rings. The summed E-state index contributed by atoms with van der Waals surface area (Å²) in [7, 11) is 0. The molecule has 76 valence electrons. The van der Waals surface area contributed by atoms with Crippen LogP contribution in [-0.4, -0.2) is 17.7 Å². The van der Waals surface area contributed by atoms with Gasteiger partial charge in [-0.05, 0) is 36.8 Å². The highest BCUT2D eigenvalue weighted by Crippen LogP contribution is 2.40. The summed E-state index contributed by atoms with van der Waals surface area (Å²) in [5.41, 5.74) is -0.0441. The van der Waals surface area contributed by atoms with Gasteiger partial charge in [-0.1, -0.05) is 0 Å². The molecule has 4 heteroatoms. The minimum Gasteiger partial charge on any atom is -0.479 e. The van der Waals surface area contributed by atoms with Crippen LogP contribution in [0.1, 0.15) is 23.3 Å². The molecule has 1 fully saturated rings. The maximum atomic E-state index is 11.3. The number of carboxylic acid groups (broad SMARTS) is 1. The minimum absolute atomic E-state index is 0.545. The normalized spacial score (nSPS) is 26.6. The van der Waals surface area contributed by atoms with E-state index in [1.807, 2.05) is 18.4 Å². The quantitative estimate of drug-likeness (QED) is 0.817. The van der Waals surface area contributed by atoms with E-state index in [1.165, 1.54) is 11.3 Å². The molecule has 1 N–H and O–H groups in total. The summed E-state index contributed by atoms with van der Waals surface area (Å²) in [6.45, 7) is 2.47. The lowest BCUT2D eigenvalue weighted by Gasteiger charge is -2.22. The van der Waals surface area contributed by atoms with Crippen molar-refractivity contribution in [1.29, 1.82) is 0 Å². The molecule has 1 unspecified atom stereocenters. The topological polar surface area (TPSA) is 46.5 Å². The van der Waals surface area contributed by atoms with E-state index in [0.29, 0.717) is 13.0 Å². The van der Waals surface area contributed by atoms with Crippen LogP contribution in [0.25, 0.3) is 0 Å². The second-order valence-electron chi connectivity index (χ2n) is 3.52. The SMILES string of the molecule is Cc1ccsc1C1(C(=O)O)CCCO1. The third-order valence-corrected chi connectivity index (χ3v) is 3.76. The van der Waals surface area contributed by atoms with E-state index < -0.39 is 11.6 Å². The Hall–Kier alpha value is -0.870. The van der Waals surface area contributed by atoms with Gasteiger partial charge < -0.3 is 9.84 Å². The zero-order valence-corrected chi connectivity index (χ0v) is 8.76. The molecule has 0 bridgehead atoms. The van der Waals surface area contributed by atoms with E-state index in [0.717, 1.165) is 16.9 Å². The van der Waals surface area contributed by atoms with Gasteiger partial charge in [-0.15, -0.1) is 11.3 Å². The average molecular weight is 212 g/mol. The van der Waals surface area contributed by atoms with Crippen molar-refractivity contribution >= 4 is 17.3 Å². The van der Waals surface area contributed by atoms with Crippen molar-refractivity contribution in [3.63, 3.8) is 0 Å². The van der Waals surface area contributed by atoms with Gasteiger partial charge >= 0.3 is 5.97 Å². The smallest absolute Gasteiger partial charge is 0.341 e. The number of hydrogen-bond donors (Lipinski definition) is 1. The molecule has 1 atom stereocenters. The van der Waals surface area contributed by atoms with Gasteiger partial charge in [-0.25, -0.2) is 4.79 Å². The van der Waals surface area contributed by atoms with Crippen LogP contribution in [0.15, 0.2) is 11.4 Å². The van der Waals surface area contributed by atoms with Gasteiger partial charge in [0.25, 0.3) is 0 Å². The predicted octanol–water partition coefficient (Wildman–Crippen LogP) is 2.15. The molecule has 14 heavy (non-hydrogen) atoms. The Balaban J connectivity index is 2.46. The molecule has 0 saturated carbocycles. The molecule has 1 aromatic rings. The van der Waals surface area contributed by atoms with E-state index in [4.69, 9.17) is 4.74 Å². The number of thiophene rings is 1. The second-order valence-corrected chi connectivity index (χ2v) is 4.43. The molecule has 0 amide bonds. The molecule has 1 saturated heterocycles. The summed E-state index contributed by atoms with van der Waals surface area (Å²) in [4.78, 5) is 12.1. The molecule has 0 radical (unpaired) electrons. The number of hydrogen-bond acceptors (Lipinski definition) is 3. The summed E-state index contributed by atoms with van der Waals surface area (Å²) in [5, 5.41) is 11.2. The molecular weight excluding hydrogens is 200 g/mol. The van der Waals surface area contributed by atoms with Crippen molar-refractivity contribution in [2.45, 2.75) is 25.4 Å². The van der Waals surface area contributed by atoms with Gasteiger partial charge in [0, 0.05) is 6.61 Å². The van der Waals surface area contributed by atoms with Gasteiger partial charge in [0.1, 0.15) is 0 Å². The fraction of sp³-hybridized carbons (Fsp3) is 0.500. The van der Waals surface area contributed by atoms with Crippen LogP contribution in [0.4, 0.5) is 0 Å². The highest BCUT2D eigenvalue weighted by molar-refractivity contribution is 7.10. The third kappa shape index (κ3) is 1.26. The first kappa shape index (κ1) is 9.68. The first-order chi connectivity index (χ1) is 6.67. The Bertz CT molecular complexity index is 350. The van der Waals surface area contributed by atoms with Crippen molar-refractivity contribution in [2.24, 2.45) is 0 Å². The molecule has 1 aliphatic heterocycles. The Labute approximate surface area is 86.3 Å². The standard InChI is InChI=1S/C10H12O3S/c1-7-3-6-14-8(7)10(9(11)12)4-2-5-13-10/h3,6H,2,4-5H2,1H3,(H,11,12). The van der Waals surface area contributed by atoms with Crippen LogP contribution in [0, 0.1) is 6.92 Å². The van der Waals surface area contributed by atoms with E-state index in [2.05, 4.69) is 0 Å². The fourth-order valence-electron chi connectivity index (χ4n) is 1.87. The molecule has 0 aromatic carbocycles. The van der Waals surface area contributed by atoms with E-state index >= 15 is 0 Å². The lowest BCUT2D eigenvalue weighted by atomic mass is 9.96. The molecule has 3 nitrogen and oxygen atoms in total. The van der Waals surface area contributed by atoms with Crippen molar-refractivity contribution in [2.75, 3.05) is 6.61 Å². The van der Waals surface area contributed by atoms with E-state index in [9.17, 15) is 9.90 Å². The number of carboxylic acids is 1.